The molecule has 0 aliphatic heterocycles. The Bertz CT molecular complexity index is 290. The van der Waals surface area contributed by atoms with Gasteiger partial charge in [-0.25, -0.2) is 0 Å². The number of rotatable bonds is 8. The fraction of sp³-hybridized carbons (Fsp3) is 0.571. The van der Waals surface area contributed by atoms with Crippen molar-refractivity contribution in [3.05, 3.63) is 30.3 Å². The molecule has 1 N–H and O–H groups in total. The van der Waals surface area contributed by atoms with Gasteiger partial charge in [0.15, 0.2) is 0 Å². The van der Waals surface area contributed by atoms with Crippen LogP contribution in [0.3, 0.4) is 0 Å². The molecular formula is C14H22ClNS. The van der Waals surface area contributed by atoms with E-state index in [1.54, 1.807) is 0 Å². The molecular weight excluding hydrogens is 250 g/mol. The topological polar surface area (TPSA) is 12.0 Å². The van der Waals surface area contributed by atoms with Crippen molar-refractivity contribution in [2.75, 3.05) is 18.2 Å². The van der Waals surface area contributed by atoms with Crippen LogP contribution < -0.4 is 5.32 Å². The number of nitrogens with one attached hydrogen (secondary N) is 1. The Hall–Kier alpha value is -0.180. The summed E-state index contributed by atoms with van der Waals surface area (Å²) in [7, 11) is 0. The molecule has 1 aromatic carbocycles. The second-order valence-electron chi connectivity index (χ2n) is 4.60. The van der Waals surface area contributed by atoms with E-state index >= 15 is 0 Å². The van der Waals surface area contributed by atoms with Crippen LogP contribution in [0.4, 0.5) is 0 Å². The minimum Gasteiger partial charge on any atom is -0.312 e. The molecule has 0 amide bonds. The summed E-state index contributed by atoms with van der Waals surface area (Å²) in [5.74, 6) is 2.50. The highest BCUT2D eigenvalue weighted by Crippen LogP contribution is 2.16. The maximum absolute atomic E-state index is 5.94. The molecule has 96 valence electrons. The smallest absolute Gasteiger partial charge is 0.0377 e. The summed E-state index contributed by atoms with van der Waals surface area (Å²) in [5, 5.41) is 3.52. The standard InChI is InChI=1S/C14H22ClNS/c1-12(2)10-13(11-15)16-8-9-17-14-6-4-3-5-7-14/h3-7,12-13,16H,8-11H2,1-2H3. The van der Waals surface area contributed by atoms with E-state index < -0.39 is 0 Å². The van der Waals surface area contributed by atoms with Crippen molar-refractivity contribution in [3.63, 3.8) is 0 Å². The molecule has 0 bridgehead atoms. The third-order valence-electron chi connectivity index (χ3n) is 2.49. The molecule has 0 spiro atoms. The molecule has 0 saturated heterocycles. The Morgan fingerprint density at radius 3 is 2.53 bits per heavy atom. The maximum atomic E-state index is 5.94. The summed E-state index contributed by atoms with van der Waals surface area (Å²) in [5.41, 5.74) is 0. The Labute approximate surface area is 114 Å². The summed E-state index contributed by atoms with van der Waals surface area (Å²) < 4.78 is 0. The quantitative estimate of drug-likeness (QED) is 0.435. The van der Waals surface area contributed by atoms with Crippen molar-refractivity contribution in [2.45, 2.75) is 31.2 Å². The van der Waals surface area contributed by atoms with Crippen LogP contribution in [-0.2, 0) is 0 Å². The number of hydrogen-bond acceptors (Lipinski definition) is 2. The lowest BCUT2D eigenvalue weighted by atomic mass is 10.1. The van der Waals surface area contributed by atoms with E-state index in [2.05, 4.69) is 49.5 Å². The predicted molar refractivity (Wildman–Crippen MR) is 79.1 cm³/mol. The molecule has 1 aromatic rings. The fourth-order valence-electron chi connectivity index (χ4n) is 1.72. The minimum atomic E-state index is 0.452. The molecule has 0 radical (unpaired) electrons. The predicted octanol–water partition coefficient (Wildman–Crippen LogP) is 4.02. The van der Waals surface area contributed by atoms with E-state index in [9.17, 15) is 0 Å². The molecule has 1 atom stereocenters. The number of thioether (sulfide) groups is 1. The lowest BCUT2D eigenvalue weighted by Gasteiger charge is -2.17. The third kappa shape index (κ3) is 6.97. The summed E-state index contributed by atoms with van der Waals surface area (Å²) in [6.07, 6.45) is 1.15. The van der Waals surface area contributed by atoms with Crippen molar-refractivity contribution >= 4 is 23.4 Å². The van der Waals surface area contributed by atoms with Crippen molar-refractivity contribution < 1.29 is 0 Å². The van der Waals surface area contributed by atoms with Gasteiger partial charge in [-0.05, 0) is 24.5 Å². The maximum Gasteiger partial charge on any atom is 0.0377 e. The molecule has 1 unspecified atom stereocenters. The summed E-state index contributed by atoms with van der Waals surface area (Å²) >= 11 is 7.82. The number of alkyl halides is 1. The molecule has 0 aromatic heterocycles. The summed E-state index contributed by atoms with van der Waals surface area (Å²) in [6.45, 7) is 5.49. The molecule has 0 aliphatic carbocycles. The molecule has 17 heavy (non-hydrogen) atoms. The Balaban J connectivity index is 2.14. The molecule has 3 heteroatoms. The summed E-state index contributed by atoms with van der Waals surface area (Å²) in [6, 6.07) is 11.0. The van der Waals surface area contributed by atoms with Crippen molar-refractivity contribution in [1.29, 1.82) is 0 Å². The lowest BCUT2D eigenvalue weighted by Crippen LogP contribution is -2.33. The Morgan fingerprint density at radius 2 is 1.94 bits per heavy atom. The zero-order valence-corrected chi connectivity index (χ0v) is 12.2. The van der Waals surface area contributed by atoms with E-state index in [0.717, 1.165) is 18.7 Å². The van der Waals surface area contributed by atoms with Gasteiger partial charge in [-0.1, -0.05) is 32.0 Å². The van der Waals surface area contributed by atoms with Crippen molar-refractivity contribution in [2.24, 2.45) is 5.92 Å². The molecule has 0 aliphatic rings. The highest BCUT2D eigenvalue weighted by molar-refractivity contribution is 7.99. The fourth-order valence-corrected chi connectivity index (χ4v) is 2.76. The highest BCUT2D eigenvalue weighted by Gasteiger charge is 2.08. The van der Waals surface area contributed by atoms with E-state index in [1.165, 1.54) is 4.90 Å². The third-order valence-corrected chi connectivity index (χ3v) is 3.88. The second-order valence-corrected chi connectivity index (χ2v) is 6.07. The van der Waals surface area contributed by atoms with Gasteiger partial charge in [-0.2, -0.15) is 0 Å². The van der Waals surface area contributed by atoms with Crippen LogP contribution in [0.1, 0.15) is 20.3 Å². The molecule has 0 saturated carbocycles. The van der Waals surface area contributed by atoms with Gasteiger partial charge in [-0.3, -0.25) is 0 Å². The van der Waals surface area contributed by atoms with Gasteiger partial charge in [0, 0.05) is 29.1 Å². The SMILES string of the molecule is CC(C)CC(CCl)NCCSc1ccccc1. The lowest BCUT2D eigenvalue weighted by molar-refractivity contribution is 0.455. The zero-order valence-electron chi connectivity index (χ0n) is 10.7. The van der Waals surface area contributed by atoms with E-state index in [-0.39, 0.29) is 0 Å². The minimum absolute atomic E-state index is 0.452. The molecule has 0 heterocycles. The first-order valence-corrected chi connectivity index (χ1v) is 7.71. The Morgan fingerprint density at radius 1 is 1.24 bits per heavy atom. The highest BCUT2D eigenvalue weighted by atomic mass is 35.5. The van der Waals surface area contributed by atoms with Gasteiger partial charge in [0.25, 0.3) is 0 Å². The van der Waals surface area contributed by atoms with Crippen LogP contribution in [0.2, 0.25) is 0 Å². The average molecular weight is 272 g/mol. The van der Waals surface area contributed by atoms with Crippen molar-refractivity contribution in [1.82, 2.24) is 5.32 Å². The van der Waals surface area contributed by atoms with Crippen LogP contribution in [0.5, 0.6) is 0 Å². The van der Waals surface area contributed by atoms with Crippen LogP contribution in [0.25, 0.3) is 0 Å². The van der Waals surface area contributed by atoms with Crippen LogP contribution in [-0.4, -0.2) is 24.2 Å². The zero-order chi connectivity index (χ0) is 12.5. The van der Waals surface area contributed by atoms with Gasteiger partial charge in [-0.15, -0.1) is 23.4 Å². The van der Waals surface area contributed by atoms with Crippen LogP contribution in [0.15, 0.2) is 35.2 Å². The second kappa shape index (κ2) is 8.84. The largest absolute Gasteiger partial charge is 0.312 e. The van der Waals surface area contributed by atoms with Crippen molar-refractivity contribution in [3.8, 4) is 0 Å². The van der Waals surface area contributed by atoms with Crippen LogP contribution in [0, 0.1) is 5.92 Å². The monoisotopic (exact) mass is 271 g/mol. The molecule has 1 rings (SSSR count). The first kappa shape index (κ1) is 14.9. The Kier molecular flexibility index (Phi) is 7.74. The molecule has 0 fully saturated rings. The first-order valence-electron chi connectivity index (χ1n) is 6.19. The van der Waals surface area contributed by atoms with E-state index in [0.29, 0.717) is 17.8 Å². The normalized spacial score (nSPS) is 12.9. The van der Waals surface area contributed by atoms with E-state index in [1.807, 2.05) is 11.8 Å². The van der Waals surface area contributed by atoms with Gasteiger partial charge in [0.2, 0.25) is 0 Å². The van der Waals surface area contributed by atoms with Gasteiger partial charge in [0.05, 0.1) is 0 Å². The van der Waals surface area contributed by atoms with Gasteiger partial charge in [0.1, 0.15) is 0 Å². The van der Waals surface area contributed by atoms with E-state index in [4.69, 9.17) is 11.6 Å². The number of benzene rings is 1. The first-order chi connectivity index (χ1) is 8.22. The number of hydrogen-bond donors (Lipinski definition) is 1. The summed E-state index contributed by atoms with van der Waals surface area (Å²) in [4.78, 5) is 1.33. The molecule has 1 nitrogen and oxygen atoms in total. The average Bonchev–Trinajstić information content (AvgIpc) is 2.34. The van der Waals surface area contributed by atoms with Gasteiger partial charge < -0.3 is 5.32 Å². The van der Waals surface area contributed by atoms with Gasteiger partial charge >= 0.3 is 0 Å². The van der Waals surface area contributed by atoms with Crippen LogP contribution >= 0.6 is 23.4 Å². The number of halogens is 1.